The van der Waals surface area contributed by atoms with Gasteiger partial charge in [-0.25, -0.2) is 4.98 Å². The average molecular weight is 253 g/mol. The van der Waals surface area contributed by atoms with Crippen LogP contribution in [0.3, 0.4) is 0 Å². The van der Waals surface area contributed by atoms with Crippen molar-refractivity contribution in [3.05, 3.63) is 11.5 Å². The first-order chi connectivity index (χ1) is 8.13. The molecular formula is C13H23N3S. The van der Waals surface area contributed by atoms with Gasteiger partial charge in [0.15, 0.2) is 0 Å². The van der Waals surface area contributed by atoms with Crippen molar-refractivity contribution in [1.82, 2.24) is 9.55 Å². The molecule has 0 bridgehead atoms. The highest BCUT2D eigenvalue weighted by Crippen LogP contribution is 2.35. The third-order valence-corrected chi connectivity index (χ3v) is 4.46. The Balaban J connectivity index is 2.30. The van der Waals surface area contributed by atoms with Gasteiger partial charge < -0.3 is 10.3 Å². The fraction of sp³-hybridized carbons (Fsp3) is 0.769. The van der Waals surface area contributed by atoms with Crippen molar-refractivity contribution in [2.45, 2.75) is 46.1 Å². The zero-order valence-corrected chi connectivity index (χ0v) is 11.9. The molecule has 1 unspecified atom stereocenters. The van der Waals surface area contributed by atoms with Crippen LogP contribution in [0, 0.1) is 5.92 Å². The van der Waals surface area contributed by atoms with Crippen LogP contribution in [0.4, 0.5) is 5.82 Å². The van der Waals surface area contributed by atoms with E-state index < -0.39 is 0 Å². The van der Waals surface area contributed by atoms with E-state index in [2.05, 4.69) is 25.3 Å². The quantitative estimate of drug-likeness (QED) is 0.897. The molecule has 96 valence electrons. The number of thioether (sulfide) groups is 1. The maximum absolute atomic E-state index is 6.30. The van der Waals surface area contributed by atoms with Crippen molar-refractivity contribution in [1.29, 1.82) is 0 Å². The Labute approximate surface area is 108 Å². The largest absolute Gasteiger partial charge is 0.384 e. The van der Waals surface area contributed by atoms with E-state index >= 15 is 0 Å². The smallest absolute Gasteiger partial charge is 0.127 e. The second-order valence-corrected chi connectivity index (χ2v) is 6.37. The highest BCUT2D eigenvalue weighted by molar-refractivity contribution is 7.99. The SMILES string of the molecule is CCc1nc(C2CCSC2)c(N)n1CC(C)C. The van der Waals surface area contributed by atoms with E-state index in [0.29, 0.717) is 11.8 Å². The monoisotopic (exact) mass is 253 g/mol. The number of anilines is 1. The third-order valence-electron chi connectivity index (χ3n) is 3.29. The zero-order chi connectivity index (χ0) is 12.4. The molecule has 1 aromatic rings. The fourth-order valence-electron chi connectivity index (χ4n) is 2.42. The number of hydrogen-bond acceptors (Lipinski definition) is 3. The lowest BCUT2D eigenvalue weighted by Crippen LogP contribution is -2.11. The first-order valence-electron chi connectivity index (χ1n) is 6.56. The van der Waals surface area contributed by atoms with Crippen LogP contribution in [0.25, 0.3) is 0 Å². The summed E-state index contributed by atoms with van der Waals surface area (Å²) in [6.07, 6.45) is 2.20. The summed E-state index contributed by atoms with van der Waals surface area (Å²) in [5, 5.41) is 0. The predicted molar refractivity (Wildman–Crippen MR) is 75.5 cm³/mol. The summed E-state index contributed by atoms with van der Waals surface area (Å²) in [5.41, 5.74) is 7.46. The van der Waals surface area contributed by atoms with Crippen molar-refractivity contribution >= 4 is 17.6 Å². The first kappa shape index (κ1) is 12.8. The molecule has 2 N–H and O–H groups in total. The van der Waals surface area contributed by atoms with E-state index in [-0.39, 0.29) is 0 Å². The summed E-state index contributed by atoms with van der Waals surface area (Å²) < 4.78 is 2.23. The molecule has 4 heteroatoms. The van der Waals surface area contributed by atoms with Crippen LogP contribution in [0.15, 0.2) is 0 Å². The molecule has 0 radical (unpaired) electrons. The Bertz CT molecular complexity index is 378. The minimum atomic E-state index is 0.582. The van der Waals surface area contributed by atoms with E-state index in [1.165, 1.54) is 17.9 Å². The summed E-state index contributed by atoms with van der Waals surface area (Å²) in [6, 6.07) is 0. The van der Waals surface area contributed by atoms with Gasteiger partial charge in [-0.15, -0.1) is 0 Å². The van der Waals surface area contributed by atoms with E-state index in [1.807, 2.05) is 11.8 Å². The molecule has 0 aromatic carbocycles. The van der Waals surface area contributed by atoms with Crippen LogP contribution < -0.4 is 5.73 Å². The van der Waals surface area contributed by atoms with E-state index in [0.717, 1.165) is 30.3 Å². The number of aromatic nitrogens is 2. The Morgan fingerprint density at radius 3 is 2.82 bits per heavy atom. The molecule has 0 saturated carbocycles. The van der Waals surface area contributed by atoms with Crippen molar-refractivity contribution in [2.75, 3.05) is 17.2 Å². The average Bonchev–Trinajstić information content (AvgIpc) is 2.88. The predicted octanol–water partition coefficient (Wildman–Crippen LogP) is 2.90. The number of hydrogen-bond donors (Lipinski definition) is 1. The van der Waals surface area contributed by atoms with Crippen molar-refractivity contribution in [3.8, 4) is 0 Å². The molecule has 1 aliphatic heterocycles. The summed E-state index contributed by atoms with van der Waals surface area (Å²) >= 11 is 2.02. The second-order valence-electron chi connectivity index (χ2n) is 5.22. The van der Waals surface area contributed by atoms with Gasteiger partial charge in [0, 0.05) is 24.6 Å². The van der Waals surface area contributed by atoms with Crippen LogP contribution in [0.5, 0.6) is 0 Å². The van der Waals surface area contributed by atoms with Gasteiger partial charge in [0.25, 0.3) is 0 Å². The molecule has 1 aromatic heterocycles. The Hall–Kier alpha value is -0.640. The maximum atomic E-state index is 6.30. The molecule has 1 fully saturated rings. The lowest BCUT2D eigenvalue weighted by atomic mass is 10.1. The molecular weight excluding hydrogens is 230 g/mol. The highest BCUT2D eigenvalue weighted by atomic mass is 32.2. The standard InChI is InChI=1S/C13H23N3S/c1-4-11-15-12(10-5-6-17-8-10)13(14)16(11)7-9(2)3/h9-10H,4-8,14H2,1-3H3. The van der Waals surface area contributed by atoms with Gasteiger partial charge in [0.1, 0.15) is 11.6 Å². The van der Waals surface area contributed by atoms with Crippen molar-refractivity contribution in [2.24, 2.45) is 5.92 Å². The van der Waals surface area contributed by atoms with Gasteiger partial charge in [-0.1, -0.05) is 20.8 Å². The Morgan fingerprint density at radius 2 is 2.29 bits per heavy atom. The van der Waals surface area contributed by atoms with Gasteiger partial charge in [0.05, 0.1) is 5.69 Å². The molecule has 2 heterocycles. The topological polar surface area (TPSA) is 43.8 Å². The van der Waals surface area contributed by atoms with Crippen LogP contribution in [0.2, 0.25) is 0 Å². The molecule has 1 aliphatic rings. The van der Waals surface area contributed by atoms with E-state index in [9.17, 15) is 0 Å². The van der Waals surface area contributed by atoms with Gasteiger partial charge in [-0.3, -0.25) is 0 Å². The number of imidazole rings is 1. The summed E-state index contributed by atoms with van der Waals surface area (Å²) in [6.45, 7) is 7.60. The Morgan fingerprint density at radius 1 is 1.53 bits per heavy atom. The normalized spacial score (nSPS) is 20.4. The number of aryl methyl sites for hydroxylation is 1. The molecule has 1 atom stereocenters. The van der Waals surface area contributed by atoms with Crippen LogP contribution in [0.1, 0.15) is 44.6 Å². The lowest BCUT2D eigenvalue weighted by Gasteiger charge is -2.12. The van der Waals surface area contributed by atoms with E-state index in [4.69, 9.17) is 10.7 Å². The summed E-state index contributed by atoms with van der Waals surface area (Å²) in [7, 11) is 0. The molecule has 2 rings (SSSR count). The van der Waals surface area contributed by atoms with Gasteiger partial charge in [0.2, 0.25) is 0 Å². The summed E-state index contributed by atoms with van der Waals surface area (Å²) in [4.78, 5) is 4.79. The first-order valence-corrected chi connectivity index (χ1v) is 7.71. The van der Waals surface area contributed by atoms with Crippen molar-refractivity contribution < 1.29 is 0 Å². The van der Waals surface area contributed by atoms with Crippen molar-refractivity contribution in [3.63, 3.8) is 0 Å². The Kier molecular flexibility index (Phi) is 4.02. The number of nitrogens with two attached hydrogens (primary N) is 1. The summed E-state index contributed by atoms with van der Waals surface area (Å²) in [5.74, 6) is 5.71. The molecule has 0 amide bonds. The highest BCUT2D eigenvalue weighted by Gasteiger charge is 2.25. The maximum Gasteiger partial charge on any atom is 0.127 e. The number of nitrogens with zero attached hydrogens (tertiary/aromatic N) is 2. The second kappa shape index (κ2) is 5.34. The zero-order valence-electron chi connectivity index (χ0n) is 11.1. The van der Waals surface area contributed by atoms with Crippen LogP contribution >= 0.6 is 11.8 Å². The van der Waals surface area contributed by atoms with Gasteiger partial charge in [-0.05, 0) is 18.1 Å². The van der Waals surface area contributed by atoms with Crippen LogP contribution in [-0.4, -0.2) is 21.1 Å². The fourth-order valence-corrected chi connectivity index (χ4v) is 3.65. The van der Waals surface area contributed by atoms with Gasteiger partial charge in [-0.2, -0.15) is 11.8 Å². The van der Waals surface area contributed by atoms with Gasteiger partial charge >= 0.3 is 0 Å². The minimum absolute atomic E-state index is 0.582. The number of rotatable bonds is 4. The molecule has 3 nitrogen and oxygen atoms in total. The number of nitrogen functional groups attached to an aromatic ring is 1. The molecule has 0 aliphatic carbocycles. The molecule has 0 spiro atoms. The minimum Gasteiger partial charge on any atom is -0.384 e. The van der Waals surface area contributed by atoms with Crippen LogP contribution in [-0.2, 0) is 13.0 Å². The molecule has 1 saturated heterocycles. The third kappa shape index (κ3) is 2.62. The lowest BCUT2D eigenvalue weighted by molar-refractivity contribution is 0.513. The molecule has 17 heavy (non-hydrogen) atoms. The van der Waals surface area contributed by atoms with E-state index in [1.54, 1.807) is 0 Å².